The molecule has 0 N–H and O–H groups in total. The first-order valence-electron chi connectivity index (χ1n) is 5.68. The van der Waals surface area contributed by atoms with Crippen molar-refractivity contribution in [2.75, 3.05) is 20.3 Å². The van der Waals surface area contributed by atoms with Gasteiger partial charge in [-0.1, -0.05) is 26.0 Å². The van der Waals surface area contributed by atoms with E-state index >= 15 is 0 Å². The Kier molecular flexibility index (Phi) is 8.26. The fourth-order valence-corrected chi connectivity index (χ4v) is 1.43. The van der Waals surface area contributed by atoms with Gasteiger partial charge in [0.1, 0.15) is 18.9 Å². The number of nitrogens with zero attached hydrogens (tertiary/aromatic N) is 1. The van der Waals surface area contributed by atoms with Gasteiger partial charge in [0.25, 0.3) is 0 Å². The van der Waals surface area contributed by atoms with Crippen LogP contribution in [0.5, 0.6) is 0 Å². The van der Waals surface area contributed by atoms with Crippen LogP contribution < -0.4 is 0 Å². The topological polar surface area (TPSA) is 72.9 Å². The molecule has 18 heavy (non-hydrogen) atoms. The summed E-state index contributed by atoms with van der Waals surface area (Å²) < 4.78 is 9.45. The van der Waals surface area contributed by atoms with Crippen molar-refractivity contribution in [2.45, 2.75) is 25.8 Å². The van der Waals surface area contributed by atoms with Crippen LogP contribution in [0.3, 0.4) is 0 Å². The highest BCUT2D eigenvalue weighted by Crippen LogP contribution is 2.10. The maximum atomic E-state index is 11.7. The molecule has 0 saturated carbocycles. The van der Waals surface area contributed by atoms with Gasteiger partial charge in [-0.15, -0.1) is 0 Å². The lowest BCUT2D eigenvalue weighted by Crippen LogP contribution is -2.46. The van der Waals surface area contributed by atoms with Gasteiger partial charge in [-0.3, -0.25) is 4.90 Å². The van der Waals surface area contributed by atoms with E-state index in [1.54, 1.807) is 0 Å². The molecule has 0 aliphatic rings. The van der Waals surface area contributed by atoms with Gasteiger partial charge < -0.3 is 14.3 Å². The minimum atomic E-state index is -0.803. The van der Waals surface area contributed by atoms with Crippen molar-refractivity contribution >= 4 is 18.3 Å². The van der Waals surface area contributed by atoms with E-state index < -0.39 is 18.1 Å². The minimum Gasteiger partial charge on any atom is -0.467 e. The molecule has 0 saturated heterocycles. The third-order valence-corrected chi connectivity index (χ3v) is 2.24. The number of ether oxygens (including phenoxy) is 2. The van der Waals surface area contributed by atoms with E-state index in [0.29, 0.717) is 19.1 Å². The fraction of sp³-hybridized carbons (Fsp3) is 0.583. The predicted octanol–water partition coefficient (Wildman–Crippen LogP) is 1.15. The number of methoxy groups -OCH3 is 1. The molecule has 0 bridgehead atoms. The van der Waals surface area contributed by atoms with E-state index in [9.17, 15) is 14.4 Å². The third-order valence-electron chi connectivity index (χ3n) is 2.24. The maximum absolute atomic E-state index is 11.7. The van der Waals surface area contributed by atoms with E-state index in [4.69, 9.17) is 4.74 Å². The number of amides is 1. The first kappa shape index (κ1) is 16.1. The second kappa shape index (κ2) is 9.21. The van der Waals surface area contributed by atoms with E-state index in [1.165, 1.54) is 13.2 Å². The molecule has 0 aromatic carbocycles. The Bertz CT molecular complexity index is 303. The molecule has 102 valence electrons. The Morgan fingerprint density at radius 3 is 2.56 bits per heavy atom. The number of hydrogen-bond acceptors (Lipinski definition) is 5. The number of carbonyl (C=O) groups is 3. The number of carbonyl (C=O) groups excluding carboxylic acids is 3. The molecule has 1 amide bonds. The summed E-state index contributed by atoms with van der Waals surface area (Å²) >= 11 is 0. The van der Waals surface area contributed by atoms with Crippen LogP contribution in [-0.4, -0.2) is 49.6 Å². The van der Waals surface area contributed by atoms with Crippen LogP contribution in [0.25, 0.3) is 0 Å². The Hall–Kier alpha value is -1.85. The van der Waals surface area contributed by atoms with E-state index in [1.807, 2.05) is 6.92 Å². The second-order valence-electron chi connectivity index (χ2n) is 3.51. The van der Waals surface area contributed by atoms with Gasteiger partial charge in [0.2, 0.25) is 0 Å². The molecule has 0 radical (unpaired) electrons. The summed E-state index contributed by atoms with van der Waals surface area (Å²) in [4.78, 5) is 35.0. The third kappa shape index (κ3) is 4.99. The Morgan fingerprint density at radius 2 is 2.11 bits per heavy atom. The number of hydrogen-bond donors (Lipinski definition) is 0. The molecule has 6 heteroatoms. The molecule has 0 rings (SSSR count). The summed E-state index contributed by atoms with van der Waals surface area (Å²) in [6.07, 6.45) is 2.30. The highest BCUT2D eigenvalue weighted by atomic mass is 16.6. The molecule has 0 aliphatic heterocycles. The van der Waals surface area contributed by atoms with Crippen molar-refractivity contribution < 1.29 is 23.9 Å². The van der Waals surface area contributed by atoms with Crippen molar-refractivity contribution in [1.29, 1.82) is 0 Å². The molecule has 0 heterocycles. The first-order chi connectivity index (χ1) is 8.62. The molecule has 0 fully saturated rings. The van der Waals surface area contributed by atoms with Gasteiger partial charge in [0, 0.05) is 0 Å². The Labute approximate surface area is 107 Å². The largest absolute Gasteiger partial charge is 0.467 e. The summed E-state index contributed by atoms with van der Waals surface area (Å²) in [6.45, 7) is 5.09. The zero-order valence-electron chi connectivity index (χ0n) is 10.8. The average molecular weight is 257 g/mol. The second-order valence-corrected chi connectivity index (χ2v) is 3.51. The predicted molar refractivity (Wildman–Crippen MR) is 65.0 cm³/mol. The minimum absolute atomic E-state index is 0.0220. The lowest BCUT2D eigenvalue weighted by molar-refractivity contribution is -0.146. The fourth-order valence-electron chi connectivity index (χ4n) is 1.43. The van der Waals surface area contributed by atoms with Crippen molar-refractivity contribution in [3.63, 3.8) is 0 Å². The monoisotopic (exact) mass is 257 g/mol. The Morgan fingerprint density at radius 1 is 1.44 bits per heavy atom. The van der Waals surface area contributed by atoms with Crippen LogP contribution in [0.15, 0.2) is 12.7 Å². The van der Waals surface area contributed by atoms with Crippen LogP contribution in [0.4, 0.5) is 4.79 Å². The van der Waals surface area contributed by atoms with Crippen molar-refractivity contribution in [3.8, 4) is 0 Å². The molecule has 6 nitrogen and oxygen atoms in total. The SMILES string of the molecule is C=CCOC(=O)N(CC=O)C(CCC)C(=O)OC. The molecular formula is C12H19NO5. The maximum Gasteiger partial charge on any atom is 0.411 e. The quantitative estimate of drug-likeness (QED) is 0.370. The normalized spacial score (nSPS) is 11.2. The molecule has 0 aromatic heterocycles. The van der Waals surface area contributed by atoms with Crippen molar-refractivity contribution in [3.05, 3.63) is 12.7 Å². The molecule has 1 unspecified atom stereocenters. The van der Waals surface area contributed by atoms with Gasteiger partial charge in [-0.05, 0) is 6.42 Å². The van der Waals surface area contributed by atoms with E-state index in [0.717, 1.165) is 4.90 Å². The van der Waals surface area contributed by atoms with Crippen molar-refractivity contribution in [2.24, 2.45) is 0 Å². The van der Waals surface area contributed by atoms with Gasteiger partial charge in [-0.25, -0.2) is 9.59 Å². The van der Waals surface area contributed by atoms with Crippen LogP contribution in [0.2, 0.25) is 0 Å². The molecular weight excluding hydrogens is 238 g/mol. The summed E-state index contributed by atoms with van der Waals surface area (Å²) in [6, 6.07) is -0.803. The van der Waals surface area contributed by atoms with E-state index in [-0.39, 0.29) is 13.2 Å². The molecule has 0 aromatic rings. The van der Waals surface area contributed by atoms with Gasteiger partial charge >= 0.3 is 12.1 Å². The zero-order chi connectivity index (χ0) is 14.0. The lowest BCUT2D eigenvalue weighted by Gasteiger charge is -2.27. The van der Waals surface area contributed by atoms with Crippen LogP contribution in [-0.2, 0) is 19.1 Å². The zero-order valence-corrected chi connectivity index (χ0v) is 10.8. The Balaban J connectivity index is 4.87. The summed E-state index contributed by atoms with van der Waals surface area (Å²) in [5.74, 6) is -0.561. The highest BCUT2D eigenvalue weighted by molar-refractivity contribution is 5.82. The molecule has 1 atom stereocenters. The van der Waals surface area contributed by atoms with Gasteiger partial charge in [0.15, 0.2) is 0 Å². The van der Waals surface area contributed by atoms with Crippen LogP contribution in [0.1, 0.15) is 19.8 Å². The molecule has 0 spiro atoms. The van der Waals surface area contributed by atoms with Crippen LogP contribution >= 0.6 is 0 Å². The van der Waals surface area contributed by atoms with Crippen LogP contribution in [0, 0.1) is 0 Å². The standard InChI is InChI=1S/C12H19NO5/c1-4-6-10(11(15)17-3)13(7-8-14)12(16)18-9-5-2/h5,8,10H,2,4,6-7,9H2,1,3H3. The summed E-state index contributed by atoms with van der Waals surface area (Å²) in [5.41, 5.74) is 0. The number of rotatable bonds is 8. The summed E-state index contributed by atoms with van der Waals surface area (Å²) in [7, 11) is 1.24. The van der Waals surface area contributed by atoms with E-state index in [2.05, 4.69) is 11.3 Å². The lowest BCUT2D eigenvalue weighted by atomic mass is 10.1. The van der Waals surface area contributed by atoms with Gasteiger partial charge in [-0.2, -0.15) is 0 Å². The number of esters is 1. The van der Waals surface area contributed by atoms with Gasteiger partial charge in [0.05, 0.1) is 13.7 Å². The van der Waals surface area contributed by atoms with Crippen molar-refractivity contribution in [1.82, 2.24) is 4.90 Å². The smallest absolute Gasteiger partial charge is 0.411 e. The summed E-state index contributed by atoms with van der Waals surface area (Å²) in [5, 5.41) is 0. The first-order valence-corrected chi connectivity index (χ1v) is 5.68. The number of aldehydes is 1. The molecule has 0 aliphatic carbocycles. The highest BCUT2D eigenvalue weighted by Gasteiger charge is 2.30. The average Bonchev–Trinajstić information content (AvgIpc) is 2.39.